The number of methoxy groups -OCH3 is 1. The number of halogens is 1. The maximum absolute atomic E-state index is 14.2. The lowest BCUT2D eigenvalue weighted by Gasteiger charge is -2.35. The number of ether oxygens (including phenoxy) is 1. The molecule has 0 aliphatic carbocycles. The van der Waals surface area contributed by atoms with E-state index in [9.17, 15) is 4.39 Å². The van der Waals surface area contributed by atoms with Crippen LogP contribution in [0.2, 0.25) is 0 Å². The first-order valence-electron chi connectivity index (χ1n) is 5.07. The zero-order chi connectivity index (χ0) is 9.73. The molecule has 2 atom stereocenters. The van der Waals surface area contributed by atoms with Crippen LogP contribution in [0.25, 0.3) is 0 Å². The van der Waals surface area contributed by atoms with E-state index in [0.717, 1.165) is 19.4 Å². The Bertz CT molecular complexity index is 146. The summed E-state index contributed by atoms with van der Waals surface area (Å²) >= 11 is 0. The molecule has 0 radical (unpaired) electrons. The number of hydrogen-bond donors (Lipinski definition) is 1. The molecule has 0 aromatic rings. The average Bonchev–Trinajstić information content (AvgIpc) is 2.15. The van der Waals surface area contributed by atoms with Gasteiger partial charge in [-0.2, -0.15) is 0 Å². The van der Waals surface area contributed by atoms with E-state index in [1.54, 1.807) is 7.11 Å². The van der Waals surface area contributed by atoms with Crippen molar-refractivity contribution < 1.29 is 9.13 Å². The van der Waals surface area contributed by atoms with Crippen LogP contribution in [0, 0.1) is 5.92 Å². The van der Waals surface area contributed by atoms with Crippen molar-refractivity contribution in [1.29, 1.82) is 0 Å². The maximum atomic E-state index is 14.2. The summed E-state index contributed by atoms with van der Waals surface area (Å²) in [6.07, 6.45) is 2.47. The molecule has 3 heteroatoms. The normalized spacial score (nSPS) is 31.6. The maximum Gasteiger partial charge on any atom is 0.126 e. The third kappa shape index (κ3) is 2.92. The first kappa shape index (κ1) is 10.9. The van der Waals surface area contributed by atoms with E-state index in [0.29, 0.717) is 19.6 Å². The summed E-state index contributed by atoms with van der Waals surface area (Å²) in [6.45, 7) is 4.11. The summed E-state index contributed by atoms with van der Waals surface area (Å²) < 4.78 is 19.1. The topological polar surface area (TPSA) is 21.3 Å². The minimum absolute atomic E-state index is 0.0975. The molecule has 0 bridgehead atoms. The van der Waals surface area contributed by atoms with Crippen LogP contribution in [0.1, 0.15) is 26.2 Å². The molecule has 1 saturated heterocycles. The van der Waals surface area contributed by atoms with Gasteiger partial charge in [0.05, 0.1) is 0 Å². The molecule has 2 unspecified atom stereocenters. The second-order valence-electron chi connectivity index (χ2n) is 4.00. The molecule has 0 aromatic heterocycles. The molecule has 1 N–H and O–H groups in total. The van der Waals surface area contributed by atoms with E-state index in [1.165, 1.54) is 0 Å². The Hall–Kier alpha value is -0.150. The smallest absolute Gasteiger partial charge is 0.126 e. The molecular weight excluding hydrogens is 169 g/mol. The van der Waals surface area contributed by atoms with Gasteiger partial charge >= 0.3 is 0 Å². The highest BCUT2D eigenvalue weighted by Gasteiger charge is 2.36. The summed E-state index contributed by atoms with van der Waals surface area (Å²) in [7, 11) is 1.66. The summed E-state index contributed by atoms with van der Waals surface area (Å²) in [5.74, 6) is 0.0975. The summed E-state index contributed by atoms with van der Waals surface area (Å²) in [5.41, 5.74) is -1.00. The number of nitrogens with one attached hydrogen (secondary N) is 1. The highest BCUT2D eigenvalue weighted by Crippen LogP contribution is 2.31. The molecule has 0 amide bonds. The summed E-state index contributed by atoms with van der Waals surface area (Å²) in [4.78, 5) is 0. The van der Waals surface area contributed by atoms with Crippen LogP contribution in [0.5, 0.6) is 0 Å². The second kappa shape index (κ2) is 4.91. The van der Waals surface area contributed by atoms with E-state index in [4.69, 9.17) is 4.74 Å². The molecule has 13 heavy (non-hydrogen) atoms. The second-order valence-corrected chi connectivity index (χ2v) is 4.00. The Kier molecular flexibility index (Phi) is 4.13. The predicted octanol–water partition coefficient (Wildman–Crippen LogP) is 1.75. The van der Waals surface area contributed by atoms with Gasteiger partial charge in [0.15, 0.2) is 0 Å². The Morgan fingerprint density at radius 1 is 1.62 bits per heavy atom. The Morgan fingerprint density at radius 2 is 2.38 bits per heavy atom. The molecule has 1 rings (SSSR count). The number of hydrogen-bond acceptors (Lipinski definition) is 2. The Morgan fingerprint density at radius 3 is 2.92 bits per heavy atom. The Labute approximate surface area is 79.8 Å². The van der Waals surface area contributed by atoms with Crippen molar-refractivity contribution in [1.82, 2.24) is 5.32 Å². The minimum Gasteiger partial charge on any atom is -0.385 e. The van der Waals surface area contributed by atoms with Gasteiger partial charge in [-0.15, -0.1) is 0 Å². The van der Waals surface area contributed by atoms with Crippen molar-refractivity contribution in [2.75, 3.05) is 26.8 Å². The van der Waals surface area contributed by atoms with Crippen molar-refractivity contribution >= 4 is 0 Å². The lowest BCUT2D eigenvalue weighted by molar-refractivity contribution is 0.0412. The van der Waals surface area contributed by atoms with Gasteiger partial charge in [0, 0.05) is 20.3 Å². The van der Waals surface area contributed by atoms with Gasteiger partial charge < -0.3 is 10.1 Å². The first-order valence-corrected chi connectivity index (χ1v) is 5.07. The molecule has 1 aliphatic heterocycles. The van der Waals surface area contributed by atoms with Crippen LogP contribution in [-0.2, 0) is 4.74 Å². The zero-order valence-corrected chi connectivity index (χ0v) is 8.61. The lowest BCUT2D eigenvalue weighted by atomic mass is 9.82. The predicted molar refractivity (Wildman–Crippen MR) is 51.6 cm³/mol. The standard InChI is InChI=1S/C10H20FNO/c1-9(4-7-13-2)10(11)5-3-6-12-8-10/h9,12H,3-8H2,1-2H3. The number of alkyl halides is 1. The number of rotatable bonds is 4. The fourth-order valence-corrected chi connectivity index (χ4v) is 1.87. The van der Waals surface area contributed by atoms with Crippen molar-refractivity contribution in [3.8, 4) is 0 Å². The monoisotopic (exact) mass is 189 g/mol. The van der Waals surface area contributed by atoms with Crippen LogP contribution < -0.4 is 5.32 Å². The van der Waals surface area contributed by atoms with Crippen molar-refractivity contribution in [3.05, 3.63) is 0 Å². The third-order valence-electron chi connectivity index (χ3n) is 3.00. The average molecular weight is 189 g/mol. The van der Waals surface area contributed by atoms with Gasteiger partial charge in [-0.25, -0.2) is 4.39 Å². The summed E-state index contributed by atoms with van der Waals surface area (Å²) in [6, 6.07) is 0. The molecule has 0 spiro atoms. The van der Waals surface area contributed by atoms with Gasteiger partial charge in [-0.3, -0.25) is 0 Å². The molecule has 2 nitrogen and oxygen atoms in total. The zero-order valence-electron chi connectivity index (χ0n) is 8.61. The van der Waals surface area contributed by atoms with Crippen molar-refractivity contribution in [2.24, 2.45) is 5.92 Å². The molecule has 1 heterocycles. The number of piperidine rings is 1. The van der Waals surface area contributed by atoms with Crippen LogP contribution in [0.3, 0.4) is 0 Å². The van der Waals surface area contributed by atoms with Crippen molar-refractivity contribution in [3.63, 3.8) is 0 Å². The van der Waals surface area contributed by atoms with E-state index >= 15 is 0 Å². The highest BCUT2D eigenvalue weighted by atomic mass is 19.1. The molecule has 78 valence electrons. The SMILES string of the molecule is COCCC(C)C1(F)CCCNC1. The Balaban J connectivity index is 2.37. The van der Waals surface area contributed by atoms with Crippen LogP contribution in [0.4, 0.5) is 4.39 Å². The summed E-state index contributed by atoms with van der Waals surface area (Å²) in [5, 5.41) is 3.12. The largest absolute Gasteiger partial charge is 0.385 e. The van der Waals surface area contributed by atoms with Crippen LogP contribution >= 0.6 is 0 Å². The van der Waals surface area contributed by atoms with Gasteiger partial charge in [0.25, 0.3) is 0 Å². The highest BCUT2D eigenvalue weighted by molar-refractivity contribution is 4.89. The first-order chi connectivity index (χ1) is 6.19. The van der Waals surface area contributed by atoms with Gasteiger partial charge in [0.1, 0.15) is 5.67 Å². The van der Waals surface area contributed by atoms with E-state index in [2.05, 4.69) is 5.32 Å². The van der Waals surface area contributed by atoms with Gasteiger partial charge in [-0.1, -0.05) is 6.92 Å². The fourth-order valence-electron chi connectivity index (χ4n) is 1.87. The van der Waals surface area contributed by atoms with Crippen LogP contribution in [0.15, 0.2) is 0 Å². The lowest BCUT2D eigenvalue weighted by Crippen LogP contribution is -2.46. The van der Waals surface area contributed by atoms with Crippen LogP contribution in [-0.4, -0.2) is 32.5 Å². The van der Waals surface area contributed by atoms with E-state index < -0.39 is 5.67 Å². The van der Waals surface area contributed by atoms with E-state index in [1.807, 2.05) is 6.92 Å². The van der Waals surface area contributed by atoms with Gasteiger partial charge in [0.2, 0.25) is 0 Å². The van der Waals surface area contributed by atoms with Gasteiger partial charge in [-0.05, 0) is 31.7 Å². The fraction of sp³-hybridized carbons (Fsp3) is 1.00. The molecule has 1 aliphatic rings. The third-order valence-corrected chi connectivity index (χ3v) is 3.00. The van der Waals surface area contributed by atoms with Crippen molar-refractivity contribution in [2.45, 2.75) is 31.9 Å². The molecular formula is C10H20FNO. The minimum atomic E-state index is -1.00. The molecule has 0 aromatic carbocycles. The molecule has 1 fully saturated rings. The quantitative estimate of drug-likeness (QED) is 0.727. The van der Waals surface area contributed by atoms with E-state index in [-0.39, 0.29) is 5.92 Å². The molecule has 0 saturated carbocycles.